The average molecular weight is 389 g/mol. The molecule has 0 aromatic heterocycles. The van der Waals surface area contributed by atoms with Crippen molar-refractivity contribution < 1.29 is 14.7 Å². The van der Waals surface area contributed by atoms with Crippen LogP contribution in [-0.2, 0) is 22.4 Å². The Balaban J connectivity index is 1.87. The summed E-state index contributed by atoms with van der Waals surface area (Å²) in [5.74, 6) is -1.19. The third-order valence-corrected chi connectivity index (χ3v) is 6.11. The molecule has 4 nitrogen and oxygen atoms in total. The van der Waals surface area contributed by atoms with Crippen LogP contribution in [0.25, 0.3) is 5.76 Å². The van der Waals surface area contributed by atoms with E-state index in [9.17, 15) is 14.7 Å². The van der Waals surface area contributed by atoms with E-state index < -0.39 is 17.7 Å². The van der Waals surface area contributed by atoms with E-state index in [2.05, 4.69) is 6.07 Å². The fraction of sp³-hybridized carbons (Fsp3) is 0.360. The Morgan fingerprint density at radius 2 is 1.79 bits per heavy atom. The van der Waals surface area contributed by atoms with Gasteiger partial charge in [-0.2, -0.15) is 0 Å². The molecule has 4 rings (SSSR count). The van der Waals surface area contributed by atoms with Crippen molar-refractivity contribution in [1.29, 1.82) is 0 Å². The zero-order chi connectivity index (χ0) is 20.5. The van der Waals surface area contributed by atoms with Gasteiger partial charge in [-0.1, -0.05) is 43.3 Å². The Kier molecular flexibility index (Phi) is 5.27. The summed E-state index contributed by atoms with van der Waals surface area (Å²) in [5.41, 5.74) is 5.26. The highest BCUT2D eigenvalue weighted by molar-refractivity contribution is 6.46. The molecule has 2 aromatic carbocycles. The first-order valence-electron chi connectivity index (χ1n) is 10.5. The highest BCUT2D eigenvalue weighted by Gasteiger charge is 2.46. The van der Waals surface area contributed by atoms with Crippen LogP contribution in [0, 0.1) is 6.92 Å². The summed E-state index contributed by atoms with van der Waals surface area (Å²) < 4.78 is 0. The summed E-state index contributed by atoms with van der Waals surface area (Å²) in [6.07, 6.45) is 5.12. The summed E-state index contributed by atoms with van der Waals surface area (Å²) >= 11 is 0. The van der Waals surface area contributed by atoms with Crippen molar-refractivity contribution in [2.45, 2.75) is 52.0 Å². The Morgan fingerprint density at radius 3 is 2.52 bits per heavy atom. The van der Waals surface area contributed by atoms with Gasteiger partial charge in [0.2, 0.25) is 0 Å². The summed E-state index contributed by atoms with van der Waals surface area (Å²) in [6.45, 7) is 4.43. The molecule has 150 valence electrons. The van der Waals surface area contributed by atoms with Gasteiger partial charge in [0.05, 0.1) is 11.6 Å². The zero-order valence-electron chi connectivity index (χ0n) is 17.1. The highest BCUT2D eigenvalue weighted by atomic mass is 16.3. The van der Waals surface area contributed by atoms with Gasteiger partial charge in [0.25, 0.3) is 11.7 Å². The quantitative estimate of drug-likeness (QED) is 0.468. The van der Waals surface area contributed by atoms with E-state index in [4.69, 9.17) is 0 Å². The third kappa shape index (κ3) is 3.37. The lowest BCUT2D eigenvalue weighted by atomic mass is 9.88. The van der Waals surface area contributed by atoms with Gasteiger partial charge in [0.15, 0.2) is 0 Å². The molecule has 1 N–H and O–H groups in total. The van der Waals surface area contributed by atoms with Crippen molar-refractivity contribution in [2.75, 3.05) is 6.54 Å². The Morgan fingerprint density at radius 1 is 1.07 bits per heavy atom. The van der Waals surface area contributed by atoms with Crippen molar-refractivity contribution in [3.63, 3.8) is 0 Å². The standard InChI is InChI=1S/C25H27NO3/c1-3-14-26-22(20-11-7-4-8-16(20)2)21(24(28)25(26)29)23(27)19-13-12-17-9-5-6-10-18(17)15-19/h4,7-8,11-13,15,22,27H,3,5-6,9-10,14H2,1-2H3/b23-21+. The second-order valence-electron chi connectivity index (χ2n) is 8.04. The van der Waals surface area contributed by atoms with E-state index >= 15 is 0 Å². The number of rotatable bonds is 4. The molecule has 1 heterocycles. The number of aryl methyl sites for hydroxylation is 3. The number of amides is 1. The monoisotopic (exact) mass is 389 g/mol. The molecular weight excluding hydrogens is 362 g/mol. The maximum atomic E-state index is 13.0. The second-order valence-corrected chi connectivity index (χ2v) is 8.04. The minimum absolute atomic E-state index is 0.0661. The first-order chi connectivity index (χ1) is 14.0. The van der Waals surface area contributed by atoms with Crippen LogP contribution in [0.3, 0.4) is 0 Å². The number of carbonyl (C=O) groups excluding carboxylic acids is 2. The average Bonchev–Trinajstić information content (AvgIpc) is 2.98. The van der Waals surface area contributed by atoms with Gasteiger partial charge in [-0.15, -0.1) is 0 Å². The maximum Gasteiger partial charge on any atom is 0.295 e. The molecule has 0 saturated carbocycles. The molecule has 4 heteroatoms. The van der Waals surface area contributed by atoms with E-state index in [1.165, 1.54) is 17.5 Å². The minimum Gasteiger partial charge on any atom is -0.507 e. The molecule has 0 spiro atoms. The number of hydrogen-bond donors (Lipinski definition) is 1. The van der Waals surface area contributed by atoms with Gasteiger partial charge in [-0.3, -0.25) is 9.59 Å². The Hall–Kier alpha value is -2.88. The fourth-order valence-corrected chi connectivity index (χ4v) is 4.60. The van der Waals surface area contributed by atoms with Crippen LogP contribution < -0.4 is 0 Å². The lowest BCUT2D eigenvalue weighted by molar-refractivity contribution is -0.139. The summed E-state index contributed by atoms with van der Waals surface area (Å²) in [7, 11) is 0. The molecule has 1 aliphatic heterocycles. The molecular formula is C25H27NO3. The smallest absolute Gasteiger partial charge is 0.295 e. The SMILES string of the molecule is CCCN1C(=O)C(=O)/C(=C(/O)c2ccc3c(c2)CCCC3)C1c1ccccc1C. The van der Waals surface area contributed by atoms with Crippen molar-refractivity contribution in [1.82, 2.24) is 4.90 Å². The van der Waals surface area contributed by atoms with Crippen LogP contribution in [-0.4, -0.2) is 28.2 Å². The van der Waals surface area contributed by atoms with E-state index in [0.717, 1.165) is 36.8 Å². The van der Waals surface area contributed by atoms with Crippen molar-refractivity contribution in [2.24, 2.45) is 0 Å². The summed E-state index contributed by atoms with van der Waals surface area (Å²) in [4.78, 5) is 27.4. The largest absolute Gasteiger partial charge is 0.507 e. The van der Waals surface area contributed by atoms with Crippen molar-refractivity contribution in [3.8, 4) is 0 Å². The van der Waals surface area contributed by atoms with E-state index in [-0.39, 0.29) is 11.3 Å². The highest BCUT2D eigenvalue weighted by Crippen LogP contribution is 2.40. The molecule has 2 aromatic rings. The molecule has 29 heavy (non-hydrogen) atoms. The zero-order valence-corrected chi connectivity index (χ0v) is 17.1. The molecule has 1 unspecified atom stereocenters. The fourth-order valence-electron chi connectivity index (χ4n) is 4.60. The number of Topliss-reactive ketones (excluding diaryl/α,β-unsaturated/α-hetero) is 1. The number of aliphatic hydroxyl groups is 1. The van der Waals surface area contributed by atoms with Gasteiger partial charge >= 0.3 is 0 Å². The lowest BCUT2D eigenvalue weighted by Gasteiger charge is -2.26. The Labute approximate surface area is 171 Å². The topological polar surface area (TPSA) is 57.6 Å². The van der Waals surface area contributed by atoms with Gasteiger partial charge in [0, 0.05) is 12.1 Å². The molecule has 1 saturated heterocycles. The molecule has 1 aliphatic carbocycles. The van der Waals surface area contributed by atoms with Crippen LogP contribution in [0.15, 0.2) is 48.0 Å². The molecule has 1 fully saturated rings. The number of nitrogens with zero attached hydrogens (tertiary/aromatic N) is 1. The number of benzene rings is 2. The number of hydrogen-bond acceptors (Lipinski definition) is 3. The minimum atomic E-state index is -0.595. The molecule has 0 bridgehead atoms. The number of ketones is 1. The predicted molar refractivity (Wildman–Crippen MR) is 114 cm³/mol. The summed E-state index contributed by atoms with van der Waals surface area (Å²) in [5, 5.41) is 11.2. The van der Waals surface area contributed by atoms with Crippen LogP contribution in [0.5, 0.6) is 0 Å². The van der Waals surface area contributed by atoms with Gasteiger partial charge in [0.1, 0.15) is 5.76 Å². The van der Waals surface area contributed by atoms with Crippen LogP contribution >= 0.6 is 0 Å². The lowest BCUT2D eigenvalue weighted by Crippen LogP contribution is -2.30. The number of carbonyl (C=O) groups is 2. The number of fused-ring (bicyclic) bond motifs is 1. The molecule has 1 atom stereocenters. The maximum absolute atomic E-state index is 13.0. The molecule has 0 radical (unpaired) electrons. The first-order valence-corrected chi connectivity index (χ1v) is 10.5. The van der Waals surface area contributed by atoms with Gasteiger partial charge in [-0.25, -0.2) is 0 Å². The normalized spacial score (nSPS) is 20.8. The number of likely N-dealkylation sites (tertiary alicyclic amines) is 1. The molecule has 2 aliphatic rings. The van der Waals surface area contributed by atoms with Crippen LogP contribution in [0.2, 0.25) is 0 Å². The van der Waals surface area contributed by atoms with Crippen LogP contribution in [0.4, 0.5) is 0 Å². The number of aliphatic hydroxyl groups excluding tert-OH is 1. The van der Waals surface area contributed by atoms with E-state index in [1.807, 2.05) is 50.2 Å². The second kappa shape index (κ2) is 7.86. The van der Waals surface area contributed by atoms with E-state index in [0.29, 0.717) is 12.1 Å². The van der Waals surface area contributed by atoms with Crippen LogP contribution in [0.1, 0.15) is 60.0 Å². The first kappa shape index (κ1) is 19.4. The third-order valence-electron chi connectivity index (χ3n) is 6.11. The Bertz CT molecular complexity index is 1000. The predicted octanol–water partition coefficient (Wildman–Crippen LogP) is 4.71. The van der Waals surface area contributed by atoms with Crippen molar-refractivity contribution >= 4 is 17.4 Å². The van der Waals surface area contributed by atoms with Gasteiger partial charge < -0.3 is 10.0 Å². The molecule has 1 amide bonds. The summed E-state index contributed by atoms with van der Waals surface area (Å²) in [6, 6.07) is 13.1. The van der Waals surface area contributed by atoms with Gasteiger partial charge in [-0.05, 0) is 67.3 Å². The van der Waals surface area contributed by atoms with Crippen molar-refractivity contribution in [3.05, 3.63) is 75.9 Å². The van der Waals surface area contributed by atoms with E-state index in [1.54, 1.807) is 4.90 Å².